The van der Waals surface area contributed by atoms with E-state index in [1.807, 2.05) is 18.2 Å². The van der Waals surface area contributed by atoms with E-state index < -0.39 is 0 Å². The van der Waals surface area contributed by atoms with Crippen molar-refractivity contribution in [2.24, 2.45) is 5.92 Å². The van der Waals surface area contributed by atoms with Crippen LogP contribution in [0, 0.1) is 5.92 Å². The summed E-state index contributed by atoms with van der Waals surface area (Å²) in [4.78, 5) is 29.6. The van der Waals surface area contributed by atoms with Crippen LogP contribution in [0.4, 0.5) is 0 Å². The summed E-state index contributed by atoms with van der Waals surface area (Å²) in [5.41, 5.74) is 0.682. The van der Waals surface area contributed by atoms with Crippen molar-refractivity contribution >= 4 is 28.4 Å². The van der Waals surface area contributed by atoms with E-state index in [1.165, 1.54) is 51.0 Å². The van der Waals surface area contributed by atoms with Crippen LogP contribution in [0.2, 0.25) is 0 Å². The number of hydrogen-bond acceptors (Lipinski definition) is 3. The molecular formula is C26H35ClN2O3. The number of fused-ring (bicyclic) bond motifs is 1. The van der Waals surface area contributed by atoms with Gasteiger partial charge in [0.25, 0.3) is 0 Å². The van der Waals surface area contributed by atoms with E-state index in [9.17, 15) is 9.59 Å². The first kappa shape index (κ1) is 23.2. The van der Waals surface area contributed by atoms with Crippen LogP contribution >= 0.6 is 11.6 Å². The fourth-order valence-corrected chi connectivity index (χ4v) is 5.68. The van der Waals surface area contributed by atoms with Gasteiger partial charge in [0.2, 0.25) is 11.5 Å². The lowest BCUT2D eigenvalue weighted by Crippen LogP contribution is -2.49. The lowest BCUT2D eigenvalue weighted by Gasteiger charge is -2.40. The molecule has 2 fully saturated rings. The standard InChI is InChI=1S/C26H35ClN2O3/c27-22-9-4-5-10-24(22)29(18-19-7-2-1-3-8-19)26(31)11-6-16-32-21-13-14-23-20(17-21)12-15-25(30)28-23/h12-15,17,19,22,24H,1-11,16,18H2,(H,28,30). The smallest absolute Gasteiger partial charge is 0.248 e. The van der Waals surface area contributed by atoms with Gasteiger partial charge in [-0.15, -0.1) is 11.6 Å². The van der Waals surface area contributed by atoms with E-state index in [1.54, 1.807) is 6.07 Å². The molecule has 1 aromatic carbocycles. The molecule has 174 valence electrons. The molecule has 1 N–H and O–H groups in total. The molecule has 2 unspecified atom stereocenters. The average molecular weight is 459 g/mol. The van der Waals surface area contributed by atoms with Crippen molar-refractivity contribution in [3.05, 3.63) is 40.7 Å². The number of carbonyl (C=O) groups is 1. The second kappa shape index (κ2) is 11.2. The molecule has 6 heteroatoms. The molecule has 2 aromatic rings. The number of H-pyrrole nitrogens is 1. The fourth-order valence-electron chi connectivity index (χ4n) is 5.27. The second-order valence-corrected chi connectivity index (χ2v) is 10.0. The summed E-state index contributed by atoms with van der Waals surface area (Å²) in [6, 6.07) is 9.12. The molecule has 0 saturated heterocycles. The van der Waals surface area contributed by atoms with Crippen LogP contribution in [0.1, 0.15) is 70.6 Å². The number of carbonyl (C=O) groups excluding carboxylic acids is 1. The first-order valence-corrected chi connectivity index (χ1v) is 12.7. The Kier molecular flexibility index (Phi) is 8.12. The molecule has 2 saturated carbocycles. The molecule has 1 amide bonds. The fraction of sp³-hybridized carbons (Fsp3) is 0.615. The van der Waals surface area contributed by atoms with E-state index >= 15 is 0 Å². The van der Waals surface area contributed by atoms with E-state index in [0.29, 0.717) is 25.4 Å². The number of amides is 1. The van der Waals surface area contributed by atoms with Crippen molar-refractivity contribution < 1.29 is 9.53 Å². The Morgan fingerprint density at radius 1 is 1.03 bits per heavy atom. The van der Waals surface area contributed by atoms with Crippen molar-refractivity contribution in [1.29, 1.82) is 0 Å². The van der Waals surface area contributed by atoms with E-state index in [4.69, 9.17) is 16.3 Å². The molecule has 1 aromatic heterocycles. The first-order chi connectivity index (χ1) is 15.6. The first-order valence-electron chi connectivity index (χ1n) is 12.3. The number of nitrogens with zero attached hydrogens (tertiary/aromatic N) is 1. The summed E-state index contributed by atoms with van der Waals surface area (Å²) in [6.07, 6.45) is 11.9. The summed E-state index contributed by atoms with van der Waals surface area (Å²) in [7, 11) is 0. The van der Waals surface area contributed by atoms with Gasteiger partial charge in [0, 0.05) is 36.0 Å². The molecule has 2 atom stereocenters. The highest BCUT2D eigenvalue weighted by atomic mass is 35.5. The zero-order chi connectivity index (χ0) is 22.3. The van der Waals surface area contributed by atoms with Crippen molar-refractivity contribution in [2.75, 3.05) is 13.2 Å². The second-order valence-electron chi connectivity index (χ2n) is 9.44. The third-order valence-electron chi connectivity index (χ3n) is 7.05. The van der Waals surface area contributed by atoms with Crippen molar-refractivity contribution in [1.82, 2.24) is 9.88 Å². The normalized spacial score (nSPS) is 22.0. The Hall–Kier alpha value is -2.01. The van der Waals surface area contributed by atoms with Gasteiger partial charge in [-0.1, -0.05) is 32.1 Å². The number of halogens is 1. The van der Waals surface area contributed by atoms with Crippen LogP contribution < -0.4 is 10.3 Å². The zero-order valence-electron chi connectivity index (χ0n) is 18.9. The molecule has 0 aliphatic heterocycles. The number of nitrogens with one attached hydrogen (secondary N) is 1. The van der Waals surface area contributed by atoms with Crippen LogP contribution in [-0.4, -0.2) is 40.4 Å². The molecule has 32 heavy (non-hydrogen) atoms. The third kappa shape index (κ3) is 6.06. The van der Waals surface area contributed by atoms with Crippen LogP contribution in [0.3, 0.4) is 0 Å². The van der Waals surface area contributed by atoms with Gasteiger partial charge in [-0.3, -0.25) is 9.59 Å². The lowest BCUT2D eigenvalue weighted by molar-refractivity contribution is -0.135. The number of rotatable bonds is 8. The van der Waals surface area contributed by atoms with Crippen molar-refractivity contribution in [2.45, 2.75) is 82.0 Å². The quantitative estimate of drug-likeness (QED) is 0.411. The van der Waals surface area contributed by atoms with Crippen LogP contribution in [-0.2, 0) is 4.79 Å². The number of alkyl halides is 1. The maximum absolute atomic E-state index is 13.3. The SMILES string of the molecule is O=C(CCCOc1ccc2[nH]c(=O)ccc2c1)N(CC1CCCCC1)C1CCCCC1Cl. The van der Waals surface area contributed by atoms with Gasteiger partial charge in [0.1, 0.15) is 5.75 Å². The number of ether oxygens (including phenoxy) is 1. The predicted octanol–water partition coefficient (Wildman–Crippen LogP) is 5.65. The summed E-state index contributed by atoms with van der Waals surface area (Å²) in [5, 5.41) is 1.01. The Balaban J connectivity index is 1.32. The van der Waals surface area contributed by atoms with E-state index in [-0.39, 0.29) is 22.9 Å². The van der Waals surface area contributed by atoms with Crippen molar-refractivity contribution in [3.8, 4) is 5.75 Å². The lowest BCUT2D eigenvalue weighted by atomic mass is 9.87. The highest BCUT2D eigenvalue weighted by Gasteiger charge is 2.33. The number of aromatic amines is 1. The van der Waals surface area contributed by atoms with E-state index in [0.717, 1.165) is 36.0 Å². The maximum atomic E-state index is 13.3. The van der Waals surface area contributed by atoms with Crippen molar-refractivity contribution in [3.63, 3.8) is 0 Å². The molecule has 1 heterocycles. The monoisotopic (exact) mass is 458 g/mol. The van der Waals surface area contributed by atoms with Gasteiger partial charge in [-0.05, 0) is 62.3 Å². The van der Waals surface area contributed by atoms with Gasteiger partial charge in [-0.25, -0.2) is 0 Å². The summed E-state index contributed by atoms with van der Waals surface area (Å²) < 4.78 is 5.90. The predicted molar refractivity (Wildman–Crippen MR) is 129 cm³/mol. The highest BCUT2D eigenvalue weighted by molar-refractivity contribution is 6.21. The van der Waals surface area contributed by atoms with Gasteiger partial charge < -0.3 is 14.6 Å². The topological polar surface area (TPSA) is 62.4 Å². The Morgan fingerprint density at radius 2 is 1.81 bits per heavy atom. The molecular weight excluding hydrogens is 424 g/mol. The van der Waals surface area contributed by atoms with Gasteiger partial charge in [-0.2, -0.15) is 0 Å². The van der Waals surface area contributed by atoms with Crippen LogP contribution in [0.5, 0.6) is 5.75 Å². The number of pyridine rings is 1. The summed E-state index contributed by atoms with van der Waals surface area (Å²) >= 11 is 6.70. The molecule has 4 rings (SSSR count). The zero-order valence-corrected chi connectivity index (χ0v) is 19.6. The number of aromatic nitrogens is 1. The van der Waals surface area contributed by atoms with E-state index in [2.05, 4.69) is 9.88 Å². The Labute approximate surface area is 195 Å². The van der Waals surface area contributed by atoms with Gasteiger partial charge in [0.15, 0.2) is 0 Å². The average Bonchev–Trinajstić information content (AvgIpc) is 2.81. The number of hydrogen-bond donors (Lipinski definition) is 1. The largest absolute Gasteiger partial charge is 0.494 e. The molecule has 0 radical (unpaired) electrons. The highest BCUT2D eigenvalue weighted by Crippen LogP contribution is 2.31. The van der Waals surface area contributed by atoms with Gasteiger partial charge in [0.05, 0.1) is 12.0 Å². The minimum atomic E-state index is -0.111. The minimum Gasteiger partial charge on any atom is -0.494 e. The molecule has 0 bridgehead atoms. The maximum Gasteiger partial charge on any atom is 0.248 e. The molecule has 0 spiro atoms. The minimum absolute atomic E-state index is 0.0802. The third-order valence-corrected chi connectivity index (χ3v) is 7.56. The van der Waals surface area contributed by atoms with Crippen LogP contribution in [0.25, 0.3) is 10.9 Å². The Bertz CT molecular complexity index is 953. The summed E-state index contributed by atoms with van der Waals surface area (Å²) in [6.45, 7) is 1.36. The van der Waals surface area contributed by atoms with Crippen LogP contribution in [0.15, 0.2) is 35.1 Å². The molecule has 2 aliphatic rings. The Morgan fingerprint density at radius 3 is 2.62 bits per heavy atom. The summed E-state index contributed by atoms with van der Waals surface area (Å²) in [5.74, 6) is 1.61. The molecule has 5 nitrogen and oxygen atoms in total. The van der Waals surface area contributed by atoms with Gasteiger partial charge >= 0.3 is 0 Å². The molecule has 2 aliphatic carbocycles. The number of benzene rings is 1.